The van der Waals surface area contributed by atoms with Crippen molar-refractivity contribution in [1.29, 1.82) is 0 Å². The van der Waals surface area contributed by atoms with Crippen LogP contribution in [0.1, 0.15) is 99.0 Å². The lowest BCUT2D eigenvalue weighted by molar-refractivity contribution is -0.141. The summed E-state index contributed by atoms with van der Waals surface area (Å²) < 4.78 is 51.1. The smallest absolute Gasteiger partial charge is 0.433 e. The van der Waals surface area contributed by atoms with E-state index in [0.717, 1.165) is 75.7 Å². The normalized spacial score (nSPS) is 21.1. The number of amides is 3. The highest BCUT2D eigenvalue weighted by Crippen LogP contribution is 2.37. The fourth-order valence-corrected chi connectivity index (χ4v) is 9.04. The van der Waals surface area contributed by atoms with Crippen molar-refractivity contribution in [3.8, 4) is 5.75 Å². The second kappa shape index (κ2) is 16.1. The van der Waals surface area contributed by atoms with Crippen molar-refractivity contribution < 1.29 is 37.4 Å². The van der Waals surface area contributed by atoms with Crippen molar-refractivity contribution in [2.24, 2.45) is 18.9 Å². The first kappa shape index (κ1) is 41.2. The van der Waals surface area contributed by atoms with Gasteiger partial charge in [0.2, 0.25) is 11.8 Å². The zero-order valence-electron chi connectivity index (χ0n) is 33.8. The molecule has 5 aromatic rings. The molecule has 318 valence electrons. The van der Waals surface area contributed by atoms with Crippen LogP contribution in [-0.4, -0.2) is 77.9 Å². The minimum absolute atomic E-state index is 0.177. The molecule has 3 N–H and O–H groups in total. The number of aromatic nitrogens is 5. The van der Waals surface area contributed by atoms with Gasteiger partial charge in [-0.05, 0) is 120 Å². The van der Waals surface area contributed by atoms with Gasteiger partial charge in [-0.3, -0.25) is 33.5 Å². The van der Waals surface area contributed by atoms with Gasteiger partial charge in [0, 0.05) is 42.8 Å². The number of fused-ring (bicyclic) bond motifs is 2. The second-order valence-corrected chi connectivity index (χ2v) is 17.0. The van der Waals surface area contributed by atoms with Gasteiger partial charge in [-0.15, -0.1) is 0 Å². The van der Waals surface area contributed by atoms with Crippen LogP contribution in [0.25, 0.3) is 21.9 Å². The van der Waals surface area contributed by atoms with Crippen LogP contribution in [0, 0.1) is 11.8 Å². The number of imidazole rings is 1. The van der Waals surface area contributed by atoms with Crippen LogP contribution >= 0.6 is 0 Å². The Kier molecular flexibility index (Phi) is 11.1. The maximum absolute atomic E-state index is 13.3. The number of alkyl halides is 3. The molecule has 60 heavy (non-hydrogen) atoms. The Hall–Kier alpha value is -5.55. The van der Waals surface area contributed by atoms with Crippen LogP contribution in [0.4, 0.5) is 18.9 Å². The van der Waals surface area contributed by atoms with Crippen molar-refractivity contribution in [3.05, 3.63) is 82.2 Å². The molecule has 3 amide bonds. The Morgan fingerprint density at radius 1 is 0.967 bits per heavy atom. The average molecular weight is 831 g/mol. The summed E-state index contributed by atoms with van der Waals surface area (Å²) in [6.45, 7) is 6.63. The highest BCUT2D eigenvalue weighted by atomic mass is 19.4. The topological polar surface area (TPSA) is 166 Å². The van der Waals surface area contributed by atoms with Gasteiger partial charge in [0.15, 0.2) is 0 Å². The number of nitrogens with one attached hydrogen (secondary N) is 2. The molecule has 17 heteroatoms. The van der Waals surface area contributed by atoms with Crippen LogP contribution in [-0.2, 0) is 28.4 Å². The number of rotatable bonds is 10. The number of nitrogens with zero attached hydrogens (tertiary/aromatic N) is 6. The van der Waals surface area contributed by atoms with E-state index in [9.17, 15) is 37.5 Å². The van der Waals surface area contributed by atoms with Crippen LogP contribution in [0.2, 0.25) is 0 Å². The molecule has 0 radical (unpaired) electrons. The van der Waals surface area contributed by atoms with Crippen molar-refractivity contribution in [2.75, 3.05) is 31.6 Å². The van der Waals surface area contributed by atoms with E-state index in [1.165, 1.54) is 15.2 Å². The molecule has 3 fully saturated rings. The standard InChI is InChI=1S/C43H49F3N8O6/c1-42(2,59)29-21-31-27(20-32(29)48-39(56)30-6-4-9-36(47-30)43(44,45)46)23-53(50-31)28-12-10-25(11-13-28)22-52-18-16-26(17-19-52)24-60-35-8-5-7-33-38(35)51(3)41(58)54(33)34-14-15-37(55)49-40(34)57/h4-9,20-21,23,25-26,28,34,59H,10-19,22,24H2,1-3H3,(H,48,56)(H,49,55,57). The number of piperidine rings is 2. The van der Waals surface area contributed by atoms with E-state index < -0.39 is 35.3 Å². The van der Waals surface area contributed by atoms with E-state index in [-0.39, 0.29) is 41.9 Å². The Balaban J connectivity index is 0.847. The zero-order chi connectivity index (χ0) is 42.5. The van der Waals surface area contributed by atoms with Crippen molar-refractivity contribution in [1.82, 2.24) is 34.1 Å². The van der Waals surface area contributed by atoms with Gasteiger partial charge in [0.25, 0.3) is 5.91 Å². The van der Waals surface area contributed by atoms with Gasteiger partial charge in [-0.25, -0.2) is 9.78 Å². The van der Waals surface area contributed by atoms with Crippen molar-refractivity contribution in [2.45, 2.75) is 89.1 Å². The molecular formula is C43H49F3N8O6. The maximum atomic E-state index is 13.3. The molecular weight excluding hydrogens is 782 g/mol. The monoisotopic (exact) mass is 830 g/mol. The number of ether oxygens (including phenoxy) is 1. The van der Waals surface area contributed by atoms with E-state index in [0.29, 0.717) is 46.3 Å². The molecule has 0 bridgehead atoms. The molecule has 14 nitrogen and oxygen atoms in total. The predicted molar refractivity (Wildman–Crippen MR) is 216 cm³/mol. The summed E-state index contributed by atoms with van der Waals surface area (Å²) in [6.07, 6.45) is 3.65. The molecule has 3 aromatic heterocycles. The molecule has 2 aromatic carbocycles. The fourth-order valence-electron chi connectivity index (χ4n) is 9.04. The Labute approximate surface area is 343 Å². The molecule has 1 aliphatic carbocycles. The number of pyridine rings is 1. The number of likely N-dealkylation sites (tertiary alicyclic amines) is 1. The van der Waals surface area contributed by atoms with E-state index >= 15 is 0 Å². The van der Waals surface area contributed by atoms with Crippen LogP contribution in [0.15, 0.2) is 59.5 Å². The summed E-state index contributed by atoms with van der Waals surface area (Å²) >= 11 is 0. The minimum Gasteiger partial charge on any atom is -0.491 e. The zero-order valence-corrected chi connectivity index (χ0v) is 33.8. The van der Waals surface area contributed by atoms with E-state index in [1.807, 2.05) is 23.0 Å². The molecule has 8 rings (SSSR count). The predicted octanol–water partition coefficient (Wildman–Crippen LogP) is 6.08. The summed E-state index contributed by atoms with van der Waals surface area (Å²) in [5.41, 5.74) is -0.742. The largest absolute Gasteiger partial charge is 0.491 e. The molecule has 3 aliphatic rings. The first-order valence-corrected chi connectivity index (χ1v) is 20.5. The number of anilines is 1. The van der Waals surface area contributed by atoms with E-state index in [2.05, 4.69) is 20.5 Å². The van der Waals surface area contributed by atoms with Gasteiger partial charge in [-0.2, -0.15) is 18.3 Å². The maximum Gasteiger partial charge on any atom is 0.433 e. The van der Waals surface area contributed by atoms with Crippen molar-refractivity contribution in [3.63, 3.8) is 0 Å². The summed E-state index contributed by atoms with van der Waals surface area (Å²) in [7, 11) is 1.67. The summed E-state index contributed by atoms with van der Waals surface area (Å²) in [5.74, 6) is -0.112. The van der Waals surface area contributed by atoms with Crippen LogP contribution in [0.3, 0.4) is 0 Å². The number of benzene rings is 2. The van der Waals surface area contributed by atoms with Gasteiger partial charge >= 0.3 is 11.9 Å². The SMILES string of the molecule is Cn1c(=O)n(C2CCC(=O)NC2=O)c2cccc(OCC3CCN(CC4CCC(n5cc6cc(NC(=O)c7cccc(C(F)(F)F)n7)c(C(C)(C)O)cc6n5)CC4)CC3)c21. The Morgan fingerprint density at radius 2 is 1.70 bits per heavy atom. The highest BCUT2D eigenvalue weighted by Gasteiger charge is 2.34. The molecule has 2 saturated heterocycles. The minimum atomic E-state index is -4.70. The second-order valence-electron chi connectivity index (χ2n) is 17.0. The third-order valence-corrected chi connectivity index (χ3v) is 12.3. The number of hydrogen-bond donors (Lipinski definition) is 3. The van der Waals surface area contributed by atoms with E-state index in [4.69, 9.17) is 9.84 Å². The molecule has 1 unspecified atom stereocenters. The summed E-state index contributed by atoms with van der Waals surface area (Å²) in [5, 5.41) is 21.6. The summed E-state index contributed by atoms with van der Waals surface area (Å²) in [6, 6.07) is 11.5. The highest BCUT2D eigenvalue weighted by molar-refractivity contribution is 6.04. The number of para-hydroxylation sites is 1. The molecule has 1 atom stereocenters. The lowest BCUT2D eigenvalue weighted by atomic mass is 9.85. The van der Waals surface area contributed by atoms with Gasteiger partial charge in [-0.1, -0.05) is 12.1 Å². The number of aryl methyl sites for hydroxylation is 1. The molecule has 2 aliphatic heterocycles. The van der Waals surface area contributed by atoms with Gasteiger partial charge in [0.05, 0.1) is 29.3 Å². The van der Waals surface area contributed by atoms with Gasteiger partial charge in [0.1, 0.15) is 28.7 Å². The molecule has 5 heterocycles. The average Bonchev–Trinajstić information content (AvgIpc) is 3.74. The quantitative estimate of drug-likeness (QED) is 0.142. The van der Waals surface area contributed by atoms with Crippen LogP contribution in [0.5, 0.6) is 5.75 Å². The lowest BCUT2D eigenvalue weighted by Gasteiger charge is -2.36. The first-order valence-electron chi connectivity index (χ1n) is 20.5. The molecule has 1 saturated carbocycles. The molecule has 0 spiro atoms. The number of carbonyl (C=O) groups is 3. The van der Waals surface area contributed by atoms with Crippen LogP contribution < -0.4 is 21.1 Å². The fraction of sp³-hybridized carbons (Fsp3) is 0.488. The first-order chi connectivity index (χ1) is 28.5. The third kappa shape index (κ3) is 8.41. The Bertz CT molecular complexity index is 2500. The number of imide groups is 1. The Morgan fingerprint density at radius 3 is 2.40 bits per heavy atom. The van der Waals surface area contributed by atoms with Crippen molar-refractivity contribution >= 4 is 45.3 Å². The lowest BCUT2D eigenvalue weighted by Crippen LogP contribution is -2.44. The number of carbonyl (C=O) groups excluding carboxylic acids is 3. The number of aliphatic hydroxyl groups is 1. The number of hydrogen-bond acceptors (Lipinski definition) is 9. The van der Waals surface area contributed by atoms with Gasteiger partial charge < -0.3 is 20.1 Å². The third-order valence-electron chi connectivity index (χ3n) is 12.3. The number of halogens is 3. The van der Waals surface area contributed by atoms with E-state index in [1.54, 1.807) is 39.1 Å². The summed E-state index contributed by atoms with van der Waals surface area (Å²) in [4.78, 5) is 56.8.